The summed E-state index contributed by atoms with van der Waals surface area (Å²) in [5.41, 5.74) is 24.9. The second-order valence-corrected chi connectivity index (χ2v) is 19.7. The summed E-state index contributed by atoms with van der Waals surface area (Å²) in [4.78, 5) is 32.6. The van der Waals surface area contributed by atoms with Crippen LogP contribution in [0.5, 0.6) is 0 Å². The topological polar surface area (TPSA) is 86.5 Å². The summed E-state index contributed by atoms with van der Waals surface area (Å²) in [5.74, 6) is 0.987. The van der Waals surface area contributed by atoms with Gasteiger partial charge in [-0.05, 0) is 149 Å². The molecule has 0 unspecified atom stereocenters. The van der Waals surface area contributed by atoms with E-state index in [1.54, 1.807) is 0 Å². The Kier molecular flexibility index (Phi) is 12.8. The van der Waals surface area contributed by atoms with E-state index >= 15 is 0 Å². The molecule has 7 aromatic rings. The lowest BCUT2D eigenvalue weighted by Gasteiger charge is -2.18. The van der Waals surface area contributed by atoms with Crippen molar-refractivity contribution < 1.29 is 4.79 Å². The number of aromatic amines is 2. The average molecular weight is 896 g/mol. The number of H-pyrrole nitrogens is 2. The molecule has 3 aromatic heterocycles. The summed E-state index contributed by atoms with van der Waals surface area (Å²) < 4.78 is 0. The fourth-order valence-electron chi connectivity index (χ4n) is 10.2. The molecule has 5 heterocycles. The van der Waals surface area contributed by atoms with Crippen molar-refractivity contribution in [3.05, 3.63) is 178 Å². The molecule has 0 saturated carbocycles. The molecule has 6 nitrogen and oxygen atoms in total. The van der Waals surface area contributed by atoms with E-state index in [0.717, 1.165) is 107 Å². The maximum atomic E-state index is 14.5. The maximum absolute atomic E-state index is 14.5. The highest BCUT2D eigenvalue weighted by atomic mass is 16.1. The average Bonchev–Trinajstić information content (AvgIpc) is 4.05. The quantitative estimate of drug-likeness (QED) is 0.121. The number of nitrogens with zero attached hydrogens (tertiary/aromatic N) is 2. The van der Waals surface area contributed by atoms with Gasteiger partial charge in [0.15, 0.2) is 0 Å². The Bertz CT molecular complexity index is 3270. The van der Waals surface area contributed by atoms with Crippen molar-refractivity contribution in [1.82, 2.24) is 19.9 Å². The van der Waals surface area contributed by atoms with E-state index in [0.29, 0.717) is 24.7 Å². The van der Waals surface area contributed by atoms with Crippen molar-refractivity contribution in [1.29, 1.82) is 0 Å². The molecule has 6 heteroatoms. The highest BCUT2D eigenvalue weighted by molar-refractivity contribution is 5.97. The van der Waals surface area contributed by atoms with Crippen LogP contribution in [0.15, 0.2) is 122 Å². The minimum absolute atomic E-state index is 0.0135. The Hall–Kier alpha value is -7.05. The van der Waals surface area contributed by atoms with Crippen LogP contribution in [0.1, 0.15) is 148 Å². The number of hydrogen-bond donors (Lipinski definition) is 3. The molecule has 4 aromatic carbocycles. The number of nitrogens with one attached hydrogen (secondary N) is 3. The number of allylic oxidation sites excluding steroid dienone is 2. The van der Waals surface area contributed by atoms with Gasteiger partial charge in [0, 0.05) is 68.5 Å². The molecule has 0 spiro atoms. The number of carbonyl (C=O) groups is 1. The van der Waals surface area contributed by atoms with Crippen LogP contribution in [0.4, 0.5) is 5.69 Å². The van der Waals surface area contributed by atoms with Crippen LogP contribution in [0.2, 0.25) is 0 Å². The van der Waals surface area contributed by atoms with Crippen LogP contribution in [0.3, 0.4) is 0 Å². The van der Waals surface area contributed by atoms with Gasteiger partial charge in [0.2, 0.25) is 5.91 Å². The van der Waals surface area contributed by atoms with E-state index in [2.05, 4.69) is 206 Å². The summed E-state index contributed by atoms with van der Waals surface area (Å²) in [5, 5.41) is 3.42. The number of aromatic nitrogens is 4. The lowest BCUT2D eigenvalue weighted by molar-refractivity contribution is -0.116. The molecule has 1 amide bonds. The first-order chi connectivity index (χ1) is 32.7. The zero-order valence-corrected chi connectivity index (χ0v) is 41.5. The molecule has 3 N–H and O–H groups in total. The third kappa shape index (κ3) is 8.92. The second kappa shape index (κ2) is 18.9. The number of anilines is 1. The zero-order chi connectivity index (χ0) is 48.0. The summed E-state index contributed by atoms with van der Waals surface area (Å²) in [7, 11) is 0. The first-order valence-electron chi connectivity index (χ1n) is 24.5. The molecule has 344 valence electrons. The van der Waals surface area contributed by atoms with E-state index in [4.69, 9.17) is 9.97 Å². The van der Waals surface area contributed by atoms with Gasteiger partial charge in [0.25, 0.3) is 0 Å². The predicted molar refractivity (Wildman–Crippen MR) is 288 cm³/mol. The summed E-state index contributed by atoms with van der Waals surface area (Å²) in [6.07, 6.45) is 3.78. The molecule has 0 radical (unpaired) electrons. The van der Waals surface area contributed by atoms with Crippen LogP contribution in [-0.2, 0) is 4.79 Å². The van der Waals surface area contributed by atoms with Crippen molar-refractivity contribution in [2.75, 3.05) is 5.32 Å². The van der Waals surface area contributed by atoms with Crippen LogP contribution in [-0.4, -0.2) is 25.8 Å². The van der Waals surface area contributed by atoms with E-state index in [1.165, 1.54) is 27.8 Å². The standard InChI is InChI=1S/C62H65N5O/c1-12-49-39(9)56-34-60-50(13-2)38(8)55(64-60)33-57-40(10)51(62(67-57)41(11)54-30-37(7)53(63-54)32-59(49)65-56)28-29-61(68)66-58-31-48(46-20-16-43(17-21-46)36(5)6)26-27-52(58)47-24-22-45(23-25-47)44-18-14-42(15-19-44)35(3)4/h13-27,30-36,40,51,63-64H,2,12,28-29H2,1,3-11H3,(H,66,68)/t40-,51-/m0/s1. The van der Waals surface area contributed by atoms with E-state index in [1.807, 2.05) is 6.08 Å². The fraction of sp³-hybridized carbons (Fsp3) is 0.274. The Labute approximate surface area is 402 Å². The lowest BCUT2D eigenvalue weighted by Crippen LogP contribution is -2.15. The molecule has 2 aliphatic heterocycles. The van der Waals surface area contributed by atoms with E-state index < -0.39 is 0 Å². The predicted octanol–water partition coefficient (Wildman–Crippen LogP) is 16.8. The number of amides is 1. The number of hydrogen-bond acceptors (Lipinski definition) is 3. The summed E-state index contributed by atoms with van der Waals surface area (Å²) in [6, 6.07) is 41.6. The van der Waals surface area contributed by atoms with Crippen LogP contribution < -0.4 is 5.32 Å². The first kappa shape index (κ1) is 46.1. The normalized spacial score (nSPS) is 14.8. The van der Waals surface area contributed by atoms with Gasteiger partial charge >= 0.3 is 0 Å². The van der Waals surface area contributed by atoms with Gasteiger partial charge in [0.05, 0.1) is 11.4 Å². The Morgan fingerprint density at radius 1 is 0.662 bits per heavy atom. The SMILES string of the molecule is C=Cc1c(C)c2cc3nc(c(C)c4cc(C)c(cc5nc(cc1[nH]2)C(C)=C5CC)[nH]4)[C@@H](CCC(=O)Nc1cc(-c2ccc(C(C)C)cc2)ccc1-c1ccc(-c2ccc(C(C)C)cc2)cc1)[C@@H]3C. The zero-order valence-electron chi connectivity index (χ0n) is 41.5. The molecular weight excluding hydrogens is 831 g/mol. The Balaban J connectivity index is 1.07. The van der Waals surface area contributed by atoms with E-state index in [-0.39, 0.29) is 17.7 Å². The van der Waals surface area contributed by atoms with Gasteiger partial charge < -0.3 is 15.3 Å². The maximum Gasteiger partial charge on any atom is 0.224 e. The molecule has 0 aliphatic carbocycles. The molecule has 9 rings (SSSR count). The summed E-state index contributed by atoms with van der Waals surface area (Å²) >= 11 is 0. The Morgan fingerprint density at radius 3 is 1.84 bits per heavy atom. The van der Waals surface area contributed by atoms with Crippen LogP contribution in [0, 0.1) is 20.8 Å². The fourth-order valence-corrected chi connectivity index (χ4v) is 10.2. The monoisotopic (exact) mass is 896 g/mol. The third-order valence-corrected chi connectivity index (χ3v) is 14.7. The Morgan fingerprint density at radius 2 is 1.22 bits per heavy atom. The van der Waals surface area contributed by atoms with Gasteiger partial charge in [-0.15, -0.1) is 0 Å². The van der Waals surface area contributed by atoms with Crippen molar-refractivity contribution in [3.8, 4) is 33.4 Å². The first-order valence-corrected chi connectivity index (χ1v) is 24.5. The van der Waals surface area contributed by atoms with Gasteiger partial charge in [-0.2, -0.15) is 0 Å². The number of aryl methyl sites for hydroxylation is 3. The van der Waals surface area contributed by atoms with Crippen molar-refractivity contribution in [2.24, 2.45) is 0 Å². The lowest BCUT2D eigenvalue weighted by atomic mass is 9.86. The molecule has 0 fully saturated rings. The second-order valence-electron chi connectivity index (χ2n) is 19.7. The molecule has 2 atom stereocenters. The van der Waals surface area contributed by atoms with Crippen molar-refractivity contribution >= 4 is 50.9 Å². The largest absolute Gasteiger partial charge is 0.355 e. The van der Waals surface area contributed by atoms with Gasteiger partial charge in [-0.3, -0.25) is 9.78 Å². The smallest absolute Gasteiger partial charge is 0.224 e. The third-order valence-electron chi connectivity index (χ3n) is 14.7. The molecular formula is C62H65N5O. The minimum Gasteiger partial charge on any atom is -0.355 e. The summed E-state index contributed by atoms with van der Waals surface area (Å²) in [6.45, 7) is 26.2. The highest BCUT2D eigenvalue weighted by Crippen LogP contribution is 2.43. The minimum atomic E-state index is -0.0209. The number of benzene rings is 4. The van der Waals surface area contributed by atoms with E-state index in [9.17, 15) is 4.79 Å². The molecule has 68 heavy (non-hydrogen) atoms. The van der Waals surface area contributed by atoms with Crippen molar-refractivity contribution in [2.45, 2.75) is 112 Å². The number of rotatable bonds is 11. The van der Waals surface area contributed by atoms with Crippen LogP contribution in [0.25, 0.3) is 72.7 Å². The van der Waals surface area contributed by atoms with Gasteiger partial charge in [-0.1, -0.05) is 139 Å². The van der Waals surface area contributed by atoms with Crippen LogP contribution >= 0.6 is 0 Å². The van der Waals surface area contributed by atoms with Gasteiger partial charge in [0.1, 0.15) is 0 Å². The molecule has 2 aliphatic rings. The molecule has 8 bridgehead atoms. The molecule has 0 saturated heterocycles. The van der Waals surface area contributed by atoms with Crippen molar-refractivity contribution in [3.63, 3.8) is 0 Å². The highest BCUT2D eigenvalue weighted by Gasteiger charge is 2.31. The van der Waals surface area contributed by atoms with Gasteiger partial charge in [-0.25, -0.2) is 4.98 Å². The number of fused-ring (bicyclic) bond motifs is 8. The number of carbonyl (C=O) groups excluding carboxylic acids is 1.